The van der Waals surface area contributed by atoms with Crippen molar-refractivity contribution in [2.24, 2.45) is 0 Å². The Morgan fingerprint density at radius 2 is 0.506 bits per heavy atom. The first-order chi connectivity index (χ1) is 38.0. The first-order valence-electron chi connectivity index (χ1n) is 32.7. The van der Waals surface area contributed by atoms with Gasteiger partial charge in [-0.3, -0.25) is 14.4 Å². The summed E-state index contributed by atoms with van der Waals surface area (Å²) in [5, 5.41) is 0. The van der Waals surface area contributed by atoms with Gasteiger partial charge in [-0.05, 0) is 122 Å². The van der Waals surface area contributed by atoms with E-state index >= 15 is 0 Å². The molecule has 77 heavy (non-hydrogen) atoms. The molecule has 0 bridgehead atoms. The van der Waals surface area contributed by atoms with Crippen LogP contribution >= 0.6 is 0 Å². The van der Waals surface area contributed by atoms with Gasteiger partial charge in [-0.15, -0.1) is 0 Å². The van der Waals surface area contributed by atoms with Crippen molar-refractivity contribution < 1.29 is 28.6 Å². The Hall–Kier alpha value is -3.67. The van der Waals surface area contributed by atoms with Crippen LogP contribution in [0.5, 0.6) is 0 Å². The quantitative estimate of drug-likeness (QED) is 0.0261. The van der Waals surface area contributed by atoms with Crippen molar-refractivity contribution in [1.29, 1.82) is 0 Å². The van der Waals surface area contributed by atoms with Crippen LogP contribution in [0.25, 0.3) is 0 Å². The van der Waals surface area contributed by atoms with Crippen molar-refractivity contribution in [2.75, 3.05) is 13.2 Å². The predicted molar refractivity (Wildman–Crippen MR) is 334 cm³/mol. The largest absolute Gasteiger partial charge is 0.462 e. The van der Waals surface area contributed by atoms with Crippen LogP contribution in [0.15, 0.2) is 97.2 Å². The molecule has 0 saturated heterocycles. The topological polar surface area (TPSA) is 78.9 Å². The minimum atomic E-state index is -0.785. The molecule has 0 aliphatic carbocycles. The SMILES string of the molecule is CC/C=C\C/C=C\C/C=C\C/C=C\C/C=C\C/C=C\CCCCCCCCCCCCC(=O)OCC(COC(=O)CCCCCCC/C=C\CCCCC)OC(=O)CCCCCCCCC/C=C\CCCCCCCCC. The van der Waals surface area contributed by atoms with Gasteiger partial charge in [0.1, 0.15) is 13.2 Å². The molecular weight excluding hydrogens is 949 g/mol. The molecule has 0 rings (SSSR count). The number of rotatable bonds is 59. The molecule has 0 aliphatic heterocycles. The number of carbonyl (C=O) groups excluding carboxylic acids is 3. The van der Waals surface area contributed by atoms with Gasteiger partial charge in [0.15, 0.2) is 6.10 Å². The van der Waals surface area contributed by atoms with Gasteiger partial charge in [-0.2, -0.15) is 0 Å². The third kappa shape index (κ3) is 63.0. The van der Waals surface area contributed by atoms with Crippen LogP contribution in [0.4, 0.5) is 0 Å². The molecule has 0 radical (unpaired) electrons. The van der Waals surface area contributed by atoms with Crippen LogP contribution in [0.1, 0.15) is 316 Å². The van der Waals surface area contributed by atoms with Crippen molar-refractivity contribution in [3.05, 3.63) is 97.2 Å². The third-order valence-corrected chi connectivity index (χ3v) is 14.0. The van der Waals surface area contributed by atoms with E-state index in [9.17, 15) is 14.4 Å². The Kier molecular flexibility index (Phi) is 61.8. The van der Waals surface area contributed by atoms with Gasteiger partial charge in [0.2, 0.25) is 0 Å². The van der Waals surface area contributed by atoms with E-state index in [2.05, 4.69) is 118 Å². The van der Waals surface area contributed by atoms with Crippen molar-refractivity contribution in [3.8, 4) is 0 Å². The summed E-state index contributed by atoms with van der Waals surface area (Å²) in [4.78, 5) is 38.3. The summed E-state index contributed by atoms with van der Waals surface area (Å²) in [7, 11) is 0. The average molecular weight is 1070 g/mol. The van der Waals surface area contributed by atoms with Gasteiger partial charge in [0.25, 0.3) is 0 Å². The first kappa shape index (κ1) is 73.3. The van der Waals surface area contributed by atoms with Gasteiger partial charge >= 0.3 is 17.9 Å². The lowest BCUT2D eigenvalue weighted by atomic mass is 10.1. The van der Waals surface area contributed by atoms with Crippen LogP contribution in [-0.4, -0.2) is 37.2 Å². The molecule has 6 heteroatoms. The third-order valence-electron chi connectivity index (χ3n) is 14.0. The lowest BCUT2D eigenvalue weighted by molar-refractivity contribution is -0.167. The summed E-state index contributed by atoms with van der Waals surface area (Å²) >= 11 is 0. The Balaban J connectivity index is 4.28. The number of unbranched alkanes of at least 4 members (excludes halogenated alkanes) is 32. The molecule has 0 aromatic rings. The van der Waals surface area contributed by atoms with E-state index in [1.807, 2.05) is 0 Å². The van der Waals surface area contributed by atoms with E-state index in [0.29, 0.717) is 19.3 Å². The standard InChI is InChI=1S/C71H122O6/c1-4-7-10-13-16-19-22-25-27-29-31-32-33-34-35-36-37-38-39-40-41-43-44-46-49-52-55-58-61-64-70(73)76-67-68(66-75-69(72)63-60-57-54-51-48-24-21-18-15-12-9-6-3)77-71(74)65-62-59-56-53-50-47-45-42-30-28-26-23-20-17-14-11-8-5-2/h7,10,16,18-19,21,25,27-28,30-32,34-35,37-38,68H,4-6,8-9,11-15,17,20,22-24,26,29,33,36,39-67H2,1-3H3/b10-7-,19-16-,21-18-,27-25-,30-28-,32-31-,35-34-,38-37-. The first-order valence-corrected chi connectivity index (χ1v) is 32.7. The highest BCUT2D eigenvalue weighted by Gasteiger charge is 2.19. The molecule has 0 spiro atoms. The van der Waals surface area contributed by atoms with Crippen molar-refractivity contribution >= 4 is 17.9 Å². The fourth-order valence-corrected chi connectivity index (χ4v) is 9.14. The van der Waals surface area contributed by atoms with E-state index < -0.39 is 6.10 Å². The predicted octanol–water partition coefficient (Wildman–Crippen LogP) is 22.4. The Morgan fingerprint density at radius 3 is 0.831 bits per heavy atom. The Labute approximate surface area is 477 Å². The smallest absolute Gasteiger partial charge is 0.306 e. The van der Waals surface area contributed by atoms with Crippen LogP contribution in [-0.2, 0) is 28.6 Å². The molecule has 0 aliphatic rings. The molecule has 0 saturated carbocycles. The van der Waals surface area contributed by atoms with Gasteiger partial charge < -0.3 is 14.2 Å². The molecule has 0 amide bonds. The van der Waals surface area contributed by atoms with E-state index in [0.717, 1.165) is 103 Å². The zero-order valence-corrected chi connectivity index (χ0v) is 50.7. The van der Waals surface area contributed by atoms with Crippen molar-refractivity contribution in [2.45, 2.75) is 322 Å². The van der Waals surface area contributed by atoms with Crippen LogP contribution in [0, 0.1) is 0 Å². The molecule has 0 heterocycles. The summed E-state index contributed by atoms with van der Waals surface area (Å²) in [6, 6.07) is 0. The summed E-state index contributed by atoms with van der Waals surface area (Å²) in [5.74, 6) is -0.890. The van der Waals surface area contributed by atoms with Gasteiger partial charge in [-0.1, -0.05) is 272 Å². The lowest BCUT2D eigenvalue weighted by Crippen LogP contribution is -2.30. The maximum Gasteiger partial charge on any atom is 0.306 e. The number of carbonyl (C=O) groups is 3. The lowest BCUT2D eigenvalue weighted by Gasteiger charge is -2.18. The molecule has 0 fully saturated rings. The maximum atomic E-state index is 12.9. The normalized spacial score (nSPS) is 12.7. The average Bonchev–Trinajstić information content (AvgIpc) is 3.43. The van der Waals surface area contributed by atoms with Crippen LogP contribution in [0.3, 0.4) is 0 Å². The van der Waals surface area contributed by atoms with E-state index in [4.69, 9.17) is 14.2 Å². The minimum Gasteiger partial charge on any atom is -0.462 e. The molecule has 1 unspecified atom stereocenters. The van der Waals surface area contributed by atoms with Crippen LogP contribution < -0.4 is 0 Å². The summed E-state index contributed by atoms with van der Waals surface area (Å²) in [6.07, 6.45) is 87.0. The number of ether oxygens (including phenoxy) is 3. The molecule has 442 valence electrons. The molecule has 0 aromatic heterocycles. The minimum absolute atomic E-state index is 0.0827. The number of allylic oxidation sites excluding steroid dienone is 16. The molecule has 1 atom stereocenters. The van der Waals surface area contributed by atoms with Crippen molar-refractivity contribution in [3.63, 3.8) is 0 Å². The van der Waals surface area contributed by atoms with E-state index in [1.165, 1.54) is 173 Å². The highest BCUT2D eigenvalue weighted by molar-refractivity contribution is 5.71. The monoisotopic (exact) mass is 1070 g/mol. The van der Waals surface area contributed by atoms with E-state index in [-0.39, 0.29) is 31.1 Å². The molecular formula is C71H122O6. The second kappa shape index (κ2) is 64.9. The van der Waals surface area contributed by atoms with E-state index in [1.54, 1.807) is 0 Å². The number of hydrogen-bond acceptors (Lipinski definition) is 6. The van der Waals surface area contributed by atoms with Gasteiger partial charge in [0.05, 0.1) is 0 Å². The van der Waals surface area contributed by atoms with Crippen molar-refractivity contribution in [1.82, 2.24) is 0 Å². The second-order valence-corrected chi connectivity index (χ2v) is 21.6. The number of hydrogen-bond donors (Lipinski definition) is 0. The van der Waals surface area contributed by atoms with Crippen LogP contribution in [0.2, 0.25) is 0 Å². The summed E-state index contributed by atoms with van der Waals surface area (Å²) in [6.45, 7) is 6.51. The Bertz CT molecular complexity index is 1510. The second-order valence-electron chi connectivity index (χ2n) is 21.6. The maximum absolute atomic E-state index is 12.9. The Morgan fingerprint density at radius 1 is 0.273 bits per heavy atom. The van der Waals surface area contributed by atoms with Gasteiger partial charge in [-0.25, -0.2) is 0 Å². The molecule has 0 aromatic carbocycles. The summed E-state index contributed by atoms with van der Waals surface area (Å²) < 4.78 is 16.9. The highest BCUT2D eigenvalue weighted by Crippen LogP contribution is 2.16. The molecule has 0 N–H and O–H groups in total. The highest BCUT2D eigenvalue weighted by atomic mass is 16.6. The fraction of sp³-hybridized carbons (Fsp3) is 0.732. The number of esters is 3. The molecule has 6 nitrogen and oxygen atoms in total. The summed E-state index contributed by atoms with van der Waals surface area (Å²) in [5.41, 5.74) is 0. The van der Waals surface area contributed by atoms with Gasteiger partial charge in [0, 0.05) is 19.3 Å². The zero-order chi connectivity index (χ0) is 55.7. The fourth-order valence-electron chi connectivity index (χ4n) is 9.14. The zero-order valence-electron chi connectivity index (χ0n) is 50.7.